The van der Waals surface area contributed by atoms with E-state index in [2.05, 4.69) is 46.6 Å². The maximum atomic E-state index is 12.4. The molecule has 0 aliphatic carbocycles. The molecule has 5 heteroatoms. The predicted molar refractivity (Wildman–Crippen MR) is 103 cm³/mol. The van der Waals surface area contributed by atoms with E-state index in [0.717, 1.165) is 18.5 Å². The van der Waals surface area contributed by atoms with E-state index in [1.807, 2.05) is 30.3 Å². The molecule has 2 fully saturated rings. The fourth-order valence-corrected chi connectivity index (χ4v) is 4.33. The minimum atomic E-state index is -0.589. The molecular weight excluding hydrogens is 328 g/mol. The lowest BCUT2D eigenvalue weighted by molar-refractivity contribution is -0.332. The van der Waals surface area contributed by atoms with Crippen LogP contribution in [0.25, 0.3) is 0 Å². The minimum absolute atomic E-state index is 0.0555. The second-order valence-electron chi connectivity index (χ2n) is 9.27. The Morgan fingerprint density at radius 3 is 2.23 bits per heavy atom. The van der Waals surface area contributed by atoms with E-state index in [1.165, 1.54) is 6.42 Å². The largest absolute Gasteiger partial charge is 0.447 e. The summed E-state index contributed by atoms with van der Waals surface area (Å²) >= 11 is 0. The average molecular weight is 360 g/mol. The van der Waals surface area contributed by atoms with Crippen molar-refractivity contribution in [2.24, 2.45) is 0 Å². The third-order valence-corrected chi connectivity index (χ3v) is 5.71. The number of piperidine rings is 1. The summed E-state index contributed by atoms with van der Waals surface area (Å²) in [4.78, 5) is 20.8. The highest BCUT2D eigenvalue weighted by molar-refractivity contribution is 5.90. The molecule has 0 saturated carbocycles. The molecule has 0 unspecified atom stereocenters. The van der Waals surface area contributed by atoms with Crippen LogP contribution in [0.1, 0.15) is 60.8 Å². The summed E-state index contributed by atoms with van der Waals surface area (Å²) in [5, 5.41) is 2.16. The van der Waals surface area contributed by atoms with Crippen LogP contribution in [0.4, 0.5) is 10.5 Å². The Balaban J connectivity index is 1.88. The number of hydrogen-bond acceptors (Lipinski definition) is 4. The Labute approximate surface area is 157 Å². The van der Waals surface area contributed by atoms with Gasteiger partial charge in [-0.3, -0.25) is 9.74 Å². The maximum absolute atomic E-state index is 12.4. The number of hydroxylamine groups is 2. The van der Waals surface area contributed by atoms with E-state index in [-0.39, 0.29) is 23.2 Å². The first-order valence-electron chi connectivity index (χ1n) is 9.55. The van der Waals surface area contributed by atoms with Gasteiger partial charge in [0.25, 0.3) is 0 Å². The molecule has 2 heterocycles. The van der Waals surface area contributed by atoms with Crippen LogP contribution >= 0.6 is 0 Å². The Bertz CT molecular complexity index is 638. The van der Waals surface area contributed by atoms with Gasteiger partial charge in [-0.05, 0) is 72.9 Å². The van der Waals surface area contributed by atoms with Crippen LogP contribution < -0.4 is 4.90 Å². The molecule has 0 radical (unpaired) electrons. The number of para-hydroxylation sites is 1. The minimum Gasteiger partial charge on any atom is -0.447 e. The topological polar surface area (TPSA) is 42.0 Å². The summed E-state index contributed by atoms with van der Waals surface area (Å²) in [6.45, 7) is 13.4. The van der Waals surface area contributed by atoms with Gasteiger partial charge < -0.3 is 4.74 Å². The first-order valence-corrected chi connectivity index (χ1v) is 9.55. The Morgan fingerprint density at radius 1 is 1.08 bits per heavy atom. The van der Waals surface area contributed by atoms with Crippen molar-refractivity contribution in [2.75, 3.05) is 11.5 Å². The second kappa shape index (κ2) is 6.54. The number of amides is 1. The Morgan fingerprint density at radius 2 is 1.65 bits per heavy atom. The summed E-state index contributed by atoms with van der Waals surface area (Å²) in [5.74, 6) is 0. The van der Waals surface area contributed by atoms with Gasteiger partial charge in [-0.15, -0.1) is 0 Å². The van der Waals surface area contributed by atoms with Crippen molar-refractivity contribution in [3.8, 4) is 0 Å². The summed E-state index contributed by atoms with van der Waals surface area (Å²) < 4.78 is 5.40. The second-order valence-corrected chi connectivity index (χ2v) is 9.27. The highest BCUT2D eigenvalue weighted by atomic mass is 16.7. The molecule has 2 aliphatic heterocycles. The number of anilines is 1. The van der Waals surface area contributed by atoms with Gasteiger partial charge in [0.1, 0.15) is 18.2 Å². The lowest BCUT2D eigenvalue weighted by Gasteiger charge is -2.54. The van der Waals surface area contributed by atoms with Gasteiger partial charge in [-0.2, -0.15) is 5.06 Å². The smallest absolute Gasteiger partial charge is 0.414 e. The summed E-state index contributed by atoms with van der Waals surface area (Å²) in [7, 11) is 0. The highest BCUT2D eigenvalue weighted by Crippen LogP contribution is 2.42. The highest BCUT2D eigenvalue weighted by Gasteiger charge is 2.50. The molecule has 0 bridgehead atoms. The molecular formula is C21H32N2O3. The molecule has 3 rings (SSSR count). The zero-order valence-corrected chi connectivity index (χ0v) is 16.9. The molecule has 5 nitrogen and oxygen atoms in total. The number of nitrogens with zero attached hydrogens (tertiary/aromatic N) is 2. The van der Waals surface area contributed by atoms with Crippen LogP contribution in [0.15, 0.2) is 30.3 Å². The number of benzene rings is 1. The van der Waals surface area contributed by atoms with Crippen molar-refractivity contribution in [2.45, 2.75) is 83.5 Å². The molecule has 1 aromatic rings. The molecule has 144 valence electrons. The SMILES string of the molecule is CC(C)(ON1C(C)(C)CCCC1(C)C)[C@@H]1COC(=O)N1c1ccccc1. The zero-order chi connectivity index (χ0) is 19.2. The van der Waals surface area contributed by atoms with E-state index < -0.39 is 5.60 Å². The number of carbonyl (C=O) groups is 1. The Hall–Kier alpha value is -1.59. The summed E-state index contributed by atoms with van der Waals surface area (Å²) in [6, 6.07) is 9.49. The van der Waals surface area contributed by atoms with Crippen LogP contribution in [0.5, 0.6) is 0 Å². The van der Waals surface area contributed by atoms with E-state index in [9.17, 15) is 4.79 Å². The standard InChI is InChI=1S/C21H32N2O3/c1-19(2)13-10-14-20(3,4)23(19)26-21(5,6)17-15-25-18(24)22(17)16-11-8-7-9-12-16/h7-9,11-12,17H,10,13-15H2,1-6H3/t17-/m0/s1. The monoisotopic (exact) mass is 360 g/mol. The van der Waals surface area contributed by atoms with Gasteiger partial charge >= 0.3 is 6.09 Å². The lowest BCUT2D eigenvalue weighted by Crippen LogP contribution is -2.63. The molecule has 1 aromatic carbocycles. The molecule has 0 aromatic heterocycles. The van der Waals surface area contributed by atoms with Gasteiger partial charge in [-0.1, -0.05) is 18.2 Å². The van der Waals surface area contributed by atoms with Gasteiger partial charge in [-0.25, -0.2) is 4.79 Å². The van der Waals surface area contributed by atoms with E-state index in [1.54, 1.807) is 4.90 Å². The van der Waals surface area contributed by atoms with Crippen molar-refractivity contribution in [3.05, 3.63) is 30.3 Å². The fourth-order valence-electron chi connectivity index (χ4n) is 4.33. The van der Waals surface area contributed by atoms with Gasteiger partial charge in [0, 0.05) is 16.8 Å². The first-order chi connectivity index (χ1) is 12.0. The zero-order valence-electron chi connectivity index (χ0n) is 16.9. The molecule has 2 aliphatic rings. The van der Waals surface area contributed by atoms with Crippen LogP contribution in [-0.2, 0) is 9.57 Å². The molecule has 0 spiro atoms. The molecule has 0 N–H and O–H groups in total. The maximum Gasteiger partial charge on any atom is 0.414 e. The van der Waals surface area contributed by atoms with Gasteiger partial charge in [0.05, 0.1) is 0 Å². The van der Waals surface area contributed by atoms with E-state index in [0.29, 0.717) is 6.61 Å². The lowest BCUT2D eigenvalue weighted by atomic mass is 9.82. The van der Waals surface area contributed by atoms with Gasteiger partial charge in [0.2, 0.25) is 0 Å². The molecule has 1 atom stereocenters. The molecule has 1 amide bonds. The van der Waals surface area contributed by atoms with Crippen molar-refractivity contribution >= 4 is 11.8 Å². The van der Waals surface area contributed by atoms with Crippen LogP contribution in [-0.4, -0.2) is 40.5 Å². The van der Waals surface area contributed by atoms with Crippen molar-refractivity contribution in [1.29, 1.82) is 0 Å². The summed E-state index contributed by atoms with van der Waals surface area (Å²) in [6.07, 6.45) is 3.07. The van der Waals surface area contributed by atoms with Crippen LogP contribution in [0.3, 0.4) is 0 Å². The molecule has 2 saturated heterocycles. The van der Waals surface area contributed by atoms with Crippen molar-refractivity contribution in [1.82, 2.24) is 5.06 Å². The summed E-state index contributed by atoms with van der Waals surface area (Å²) in [5.41, 5.74) is 0.141. The predicted octanol–water partition coefficient (Wildman–Crippen LogP) is 4.77. The number of rotatable bonds is 4. The van der Waals surface area contributed by atoms with E-state index in [4.69, 9.17) is 9.57 Å². The van der Waals surface area contributed by atoms with E-state index >= 15 is 0 Å². The van der Waals surface area contributed by atoms with Crippen LogP contribution in [0, 0.1) is 0 Å². The number of cyclic esters (lactones) is 1. The number of ether oxygens (including phenoxy) is 1. The van der Waals surface area contributed by atoms with Gasteiger partial charge in [0.15, 0.2) is 0 Å². The Kier molecular flexibility index (Phi) is 4.82. The fraction of sp³-hybridized carbons (Fsp3) is 0.667. The normalized spacial score (nSPS) is 26.0. The van der Waals surface area contributed by atoms with Crippen molar-refractivity contribution in [3.63, 3.8) is 0 Å². The van der Waals surface area contributed by atoms with Crippen LogP contribution in [0.2, 0.25) is 0 Å². The number of hydrogen-bond donors (Lipinski definition) is 0. The average Bonchev–Trinajstić information content (AvgIpc) is 2.94. The third kappa shape index (κ3) is 3.47. The molecule has 26 heavy (non-hydrogen) atoms. The van der Waals surface area contributed by atoms with Crippen molar-refractivity contribution < 1.29 is 14.4 Å². The first kappa shape index (κ1) is 19.2. The number of carbonyl (C=O) groups excluding carboxylic acids is 1. The quantitative estimate of drug-likeness (QED) is 0.776. The third-order valence-electron chi connectivity index (χ3n) is 5.71.